The minimum atomic E-state index is -4.43. The molecule has 2 aromatic heterocycles. The van der Waals surface area contributed by atoms with Crippen LogP contribution in [-0.2, 0) is 17.8 Å². The van der Waals surface area contributed by atoms with Gasteiger partial charge in [-0.1, -0.05) is 0 Å². The van der Waals surface area contributed by atoms with E-state index in [1.807, 2.05) is 11.8 Å². The van der Waals surface area contributed by atoms with Gasteiger partial charge in [-0.2, -0.15) is 18.2 Å². The van der Waals surface area contributed by atoms with Gasteiger partial charge in [0, 0.05) is 24.5 Å². The van der Waals surface area contributed by atoms with E-state index in [1.165, 1.54) is 22.0 Å². The molecular weight excluding hydrogens is 395 g/mol. The number of hydrogen-bond acceptors (Lipinski definition) is 7. The summed E-state index contributed by atoms with van der Waals surface area (Å²) in [5, 5.41) is 1.71. The highest BCUT2D eigenvalue weighted by Gasteiger charge is 2.47. The summed E-state index contributed by atoms with van der Waals surface area (Å²) in [7, 11) is 0. The van der Waals surface area contributed by atoms with Crippen molar-refractivity contribution in [2.45, 2.75) is 44.7 Å². The van der Waals surface area contributed by atoms with Crippen molar-refractivity contribution < 1.29 is 17.9 Å². The second-order valence-electron chi connectivity index (χ2n) is 6.98. The maximum absolute atomic E-state index is 13.7. The number of fused-ring (bicyclic) bond motifs is 1. The Balaban J connectivity index is 1.78. The molecule has 2 aromatic rings. The van der Waals surface area contributed by atoms with Crippen LogP contribution in [0.3, 0.4) is 0 Å². The lowest BCUT2D eigenvalue weighted by Gasteiger charge is -2.40. The lowest BCUT2D eigenvalue weighted by atomic mass is 10.1. The van der Waals surface area contributed by atoms with Crippen LogP contribution in [0.2, 0.25) is 0 Å². The Morgan fingerprint density at radius 3 is 2.86 bits per heavy atom. The van der Waals surface area contributed by atoms with Crippen molar-refractivity contribution in [1.82, 2.24) is 14.5 Å². The van der Waals surface area contributed by atoms with Crippen molar-refractivity contribution in [2.24, 2.45) is 0 Å². The zero-order chi connectivity index (χ0) is 19.9. The zero-order valence-corrected chi connectivity index (χ0v) is 16.0. The number of alkyl halides is 3. The third-order valence-corrected chi connectivity index (χ3v) is 5.72. The summed E-state index contributed by atoms with van der Waals surface area (Å²) in [6.07, 6.45) is -4.63. The van der Waals surface area contributed by atoms with Gasteiger partial charge in [0.2, 0.25) is 5.95 Å². The van der Waals surface area contributed by atoms with Gasteiger partial charge in [0.1, 0.15) is 11.9 Å². The van der Waals surface area contributed by atoms with E-state index in [4.69, 9.17) is 4.74 Å². The predicted molar refractivity (Wildman–Crippen MR) is 98.9 cm³/mol. The maximum atomic E-state index is 13.7. The molecular formula is C17H20F3N5O2S. The van der Waals surface area contributed by atoms with Crippen LogP contribution in [0.4, 0.5) is 24.9 Å². The molecule has 0 amide bonds. The van der Waals surface area contributed by atoms with Gasteiger partial charge in [0.25, 0.3) is 5.56 Å². The molecule has 0 radical (unpaired) electrons. The number of rotatable bonds is 3. The van der Waals surface area contributed by atoms with Crippen molar-refractivity contribution in [2.75, 3.05) is 29.6 Å². The molecule has 1 unspecified atom stereocenters. The first-order chi connectivity index (χ1) is 13.3. The fourth-order valence-electron chi connectivity index (χ4n) is 3.68. The molecule has 1 fully saturated rings. The average molecular weight is 415 g/mol. The highest BCUT2D eigenvalue weighted by atomic mass is 32.1. The second kappa shape index (κ2) is 7.36. The molecule has 4 heterocycles. The second-order valence-corrected chi connectivity index (χ2v) is 7.69. The number of anilines is 2. The van der Waals surface area contributed by atoms with Crippen LogP contribution in [0.25, 0.3) is 0 Å². The molecule has 11 heteroatoms. The summed E-state index contributed by atoms with van der Waals surface area (Å²) in [5.41, 5.74) is 1.75. The highest BCUT2D eigenvalue weighted by Crippen LogP contribution is 2.35. The topological polar surface area (TPSA) is 63.5 Å². The van der Waals surface area contributed by atoms with Crippen LogP contribution in [0.15, 0.2) is 21.8 Å². The molecule has 0 saturated carbocycles. The molecule has 2 aliphatic heterocycles. The number of morpholine rings is 1. The van der Waals surface area contributed by atoms with Crippen molar-refractivity contribution in [1.29, 1.82) is 0 Å². The van der Waals surface area contributed by atoms with Gasteiger partial charge in [-0.15, -0.1) is 11.3 Å². The van der Waals surface area contributed by atoms with Gasteiger partial charge < -0.3 is 14.5 Å². The first-order valence-electron chi connectivity index (χ1n) is 9.01. The Labute approximate surface area is 163 Å². The molecule has 1 saturated heterocycles. The number of nitrogens with zero attached hydrogens (tertiary/aromatic N) is 5. The summed E-state index contributed by atoms with van der Waals surface area (Å²) in [4.78, 5) is 24.4. The Morgan fingerprint density at radius 2 is 2.18 bits per heavy atom. The molecule has 0 aromatic carbocycles. The van der Waals surface area contributed by atoms with E-state index in [0.29, 0.717) is 31.3 Å². The fraction of sp³-hybridized carbons (Fsp3) is 0.588. The average Bonchev–Trinajstić information content (AvgIpc) is 3.14. The summed E-state index contributed by atoms with van der Waals surface area (Å²) in [6, 6.07) is -0.323. The molecule has 0 spiro atoms. The smallest absolute Gasteiger partial charge is 0.377 e. The minimum Gasteiger partial charge on any atom is -0.377 e. The van der Waals surface area contributed by atoms with E-state index in [-0.39, 0.29) is 37.1 Å². The number of thiazole rings is 1. The zero-order valence-electron chi connectivity index (χ0n) is 15.2. The van der Waals surface area contributed by atoms with E-state index >= 15 is 0 Å². The third-order valence-electron chi connectivity index (χ3n) is 5.09. The van der Waals surface area contributed by atoms with Gasteiger partial charge in [-0.05, 0) is 13.3 Å². The Hall–Kier alpha value is -2.14. The quantitative estimate of drug-likeness (QED) is 0.767. The number of halogens is 3. The molecule has 7 nitrogen and oxygen atoms in total. The van der Waals surface area contributed by atoms with E-state index in [0.717, 1.165) is 4.90 Å². The molecule has 4 rings (SSSR count). The number of hydrogen-bond donors (Lipinski definition) is 0. The normalized spacial score (nSPS) is 23.0. The van der Waals surface area contributed by atoms with Crippen LogP contribution in [0, 0.1) is 0 Å². The fourth-order valence-corrected chi connectivity index (χ4v) is 4.23. The molecule has 0 bridgehead atoms. The van der Waals surface area contributed by atoms with Crippen LogP contribution in [0.5, 0.6) is 0 Å². The van der Waals surface area contributed by atoms with Crippen molar-refractivity contribution in [3.05, 3.63) is 33.0 Å². The largest absolute Gasteiger partial charge is 0.408 e. The van der Waals surface area contributed by atoms with E-state index in [2.05, 4.69) is 9.97 Å². The third kappa shape index (κ3) is 3.60. The predicted octanol–water partition coefficient (Wildman–Crippen LogP) is 2.27. The molecule has 0 N–H and O–H groups in total. The van der Waals surface area contributed by atoms with Crippen molar-refractivity contribution >= 4 is 23.1 Å². The number of ether oxygens (including phenoxy) is 1. The van der Waals surface area contributed by atoms with Gasteiger partial charge in [0.05, 0.1) is 37.0 Å². The lowest BCUT2D eigenvalue weighted by Crippen LogP contribution is -2.52. The molecule has 2 atom stereocenters. The summed E-state index contributed by atoms with van der Waals surface area (Å²) < 4.78 is 47.9. The number of aromatic nitrogens is 3. The van der Waals surface area contributed by atoms with Crippen LogP contribution in [0.1, 0.15) is 19.0 Å². The summed E-state index contributed by atoms with van der Waals surface area (Å²) >= 11 is 1.32. The minimum absolute atomic E-state index is 0.0160. The standard InChI is InChI=1S/C17H20F3N5O2S/c1-11-8-27-5-4-23(11)14-6-15(26)24-3-2-13(17(18,19)20)25(16(24)22-14)7-12-9-28-10-21-12/h6,9-11,13H,2-5,7-8H2,1H3/t11-,13?/m1/s1. The molecule has 0 aliphatic carbocycles. The first-order valence-corrected chi connectivity index (χ1v) is 9.95. The Morgan fingerprint density at radius 1 is 1.36 bits per heavy atom. The first kappa shape index (κ1) is 19.2. The van der Waals surface area contributed by atoms with Gasteiger partial charge in [-0.3, -0.25) is 9.36 Å². The SMILES string of the molecule is C[C@@H]1COCCN1c1cc(=O)n2c(n1)N(Cc1cscn1)C(C(F)(F)F)CC2. The maximum Gasteiger partial charge on any atom is 0.408 e. The molecule has 152 valence electrons. The summed E-state index contributed by atoms with van der Waals surface area (Å²) in [5.74, 6) is 0.431. The van der Waals surface area contributed by atoms with Crippen LogP contribution >= 0.6 is 11.3 Å². The van der Waals surface area contributed by atoms with Crippen molar-refractivity contribution in [3.63, 3.8) is 0 Å². The van der Waals surface area contributed by atoms with Crippen molar-refractivity contribution in [3.8, 4) is 0 Å². The Kier molecular flexibility index (Phi) is 5.04. The van der Waals surface area contributed by atoms with E-state index in [1.54, 1.807) is 10.9 Å². The molecule has 2 aliphatic rings. The van der Waals surface area contributed by atoms with Crippen LogP contribution < -0.4 is 15.4 Å². The van der Waals surface area contributed by atoms with Gasteiger partial charge in [-0.25, -0.2) is 4.98 Å². The van der Waals surface area contributed by atoms with E-state index in [9.17, 15) is 18.0 Å². The van der Waals surface area contributed by atoms with E-state index < -0.39 is 12.2 Å². The van der Waals surface area contributed by atoms with Gasteiger partial charge >= 0.3 is 6.18 Å². The monoisotopic (exact) mass is 415 g/mol. The highest BCUT2D eigenvalue weighted by molar-refractivity contribution is 7.07. The summed E-state index contributed by atoms with van der Waals surface area (Å²) in [6.45, 7) is 3.36. The Bertz CT molecular complexity index is 886. The lowest BCUT2D eigenvalue weighted by molar-refractivity contribution is -0.153. The molecule has 28 heavy (non-hydrogen) atoms. The van der Waals surface area contributed by atoms with Gasteiger partial charge in [0.15, 0.2) is 0 Å². The van der Waals surface area contributed by atoms with Crippen LogP contribution in [-0.4, -0.2) is 52.6 Å².